The summed E-state index contributed by atoms with van der Waals surface area (Å²) in [5, 5.41) is 0.841. The van der Waals surface area contributed by atoms with Crippen LogP contribution < -0.4 is 0 Å². The second-order valence-electron chi connectivity index (χ2n) is 9.51. The van der Waals surface area contributed by atoms with Crippen LogP contribution in [-0.2, 0) is 12.6 Å². The third kappa shape index (κ3) is 5.46. The van der Waals surface area contributed by atoms with Crippen molar-refractivity contribution in [3.8, 4) is 33.4 Å². The van der Waals surface area contributed by atoms with Crippen molar-refractivity contribution in [3.05, 3.63) is 132 Å². The molecule has 5 aromatic rings. The fourth-order valence-electron chi connectivity index (χ4n) is 4.86. The molecule has 5 rings (SSSR count). The van der Waals surface area contributed by atoms with Crippen molar-refractivity contribution in [2.45, 2.75) is 19.0 Å². The SMILES string of the molecule is C=CCCc1ccc2c(F)c(-c3cc(F)c(-c4cc(F)cc(F)c4-c4ccc(C(F)(F)F)cc4)c(F)c3)ccc2c1. The van der Waals surface area contributed by atoms with Gasteiger partial charge in [-0.3, -0.25) is 0 Å². The summed E-state index contributed by atoms with van der Waals surface area (Å²) in [4.78, 5) is 0. The van der Waals surface area contributed by atoms with E-state index in [1.807, 2.05) is 6.07 Å². The lowest BCUT2D eigenvalue weighted by molar-refractivity contribution is -0.137. The number of allylic oxidation sites excluding steroid dienone is 1. The average molecular weight is 569 g/mol. The van der Waals surface area contributed by atoms with Crippen LogP contribution in [0.1, 0.15) is 17.5 Å². The van der Waals surface area contributed by atoms with Gasteiger partial charge in [-0.15, -0.1) is 6.58 Å². The van der Waals surface area contributed by atoms with Gasteiger partial charge in [0.1, 0.15) is 29.1 Å². The Labute approximate surface area is 230 Å². The average Bonchev–Trinajstić information content (AvgIpc) is 2.91. The molecule has 0 radical (unpaired) electrons. The van der Waals surface area contributed by atoms with E-state index >= 15 is 13.2 Å². The molecule has 0 nitrogen and oxygen atoms in total. The quantitative estimate of drug-likeness (QED) is 0.141. The monoisotopic (exact) mass is 568 g/mol. The Morgan fingerprint density at radius 3 is 1.93 bits per heavy atom. The van der Waals surface area contributed by atoms with Gasteiger partial charge in [0.05, 0.1) is 11.1 Å². The molecular weight excluding hydrogens is 548 g/mol. The van der Waals surface area contributed by atoms with Gasteiger partial charge < -0.3 is 0 Å². The van der Waals surface area contributed by atoms with Crippen molar-refractivity contribution in [3.63, 3.8) is 0 Å². The maximum absolute atomic E-state index is 15.5. The summed E-state index contributed by atoms with van der Waals surface area (Å²) in [7, 11) is 0. The highest BCUT2D eigenvalue weighted by atomic mass is 19.4. The van der Waals surface area contributed by atoms with E-state index in [0.29, 0.717) is 29.7 Å². The van der Waals surface area contributed by atoms with Gasteiger partial charge in [0.2, 0.25) is 0 Å². The van der Waals surface area contributed by atoms with E-state index in [1.165, 1.54) is 6.07 Å². The smallest absolute Gasteiger partial charge is 0.207 e. The molecule has 208 valence electrons. The van der Waals surface area contributed by atoms with Crippen LogP contribution >= 0.6 is 0 Å². The van der Waals surface area contributed by atoms with E-state index in [1.54, 1.807) is 24.3 Å². The number of benzene rings is 5. The Kier molecular flexibility index (Phi) is 7.43. The highest BCUT2D eigenvalue weighted by molar-refractivity contribution is 5.90. The van der Waals surface area contributed by atoms with Gasteiger partial charge in [0, 0.05) is 28.1 Å². The molecule has 5 aromatic carbocycles. The van der Waals surface area contributed by atoms with Gasteiger partial charge in [-0.25, -0.2) is 22.0 Å². The first-order valence-corrected chi connectivity index (χ1v) is 12.5. The number of hydrogen-bond donors (Lipinski definition) is 0. The van der Waals surface area contributed by atoms with Crippen LogP contribution in [0.2, 0.25) is 0 Å². The summed E-state index contributed by atoms with van der Waals surface area (Å²) in [5.41, 5.74) is -2.28. The minimum absolute atomic E-state index is 0.0888. The fourth-order valence-corrected chi connectivity index (χ4v) is 4.86. The standard InChI is InChI=1S/C33H20F8/c1-2-3-4-18-5-11-24-20(13-18)8-12-25(32(24)38)21-14-27(35)31(28(36)15-21)26-16-23(34)17-29(37)30(26)19-6-9-22(10-7-19)33(39,40)41/h2,5-17H,1,3-4H2. The van der Waals surface area contributed by atoms with Gasteiger partial charge in [0.15, 0.2) is 0 Å². The van der Waals surface area contributed by atoms with E-state index < -0.39 is 57.5 Å². The van der Waals surface area contributed by atoms with Crippen molar-refractivity contribution in [1.82, 2.24) is 0 Å². The van der Waals surface area contributed by atoms with Crippen LogP contribution in [0.5, 0.6) is 0 Å². The van der Waals surface area contributed by atoms with Crippen molar-refractivity contribution in [2.24, 2.45) is 0 Å². The minimum Gasteiger partial charge on any atom is -0.207 e. The molecule has 0 aromatic heterocycles. The van der Waals surface area contributed by atoms with Crippen LogP contribution in [0.25, 0.3) is 44.2 Å². The molecule has 0 aliphatic carbocycles. The summed E-state index contributed by atoms with van der Waals surface area (Å²) in [5.74, 6) is -5.55. The molecule has 0 fully saturated rings. The third-order valence-electron chi connectivity index (χ3n) is 6.83. The second-order valence-corrected chi connectivity index (χ2v) is 9.51. The molecule has 0 N–H and O–H groups in total. The minimum atomic E-state index is -4.66. The topological polar surface area (TPSA) is 0 Å². The van der Waals surface area contributed by atoms with E-state index in [2.05, 4.69) is 6.58 Å². The summed E-state index contributed by atoms with van der Waals surface area (Å²) < 4.78 is 115. The maximum atomic E-state index is 15.5. The van der Waals surface area contributed by atoms with Crippen LogP contribution in [0.15, 0.2) is 91.5 Å². The number of rotatable bonds is 6. The van der Waals surface area contributed by atoms with Gasteiger partial charge in [-0.1, -0.05) is 48.5 Å². The first-order chi connectivity index (χ1) is 19.5. The summed E-state index contributed by atoms with van der Waals surface area (Å²) in [6.45, 7) is 3.68. The zero-order chi connectivity index (χ0) is 29.5. The maximum Gasteiger partial charge on any atom is 0.416 e. The van der Waals surface area contributed by atoms with E-state index in [9.17, 15) is 22.0 Å². The Morgan fingerprint density at radius 1 is 0.634 bits per heavy atom. The number of halogens is 8. The number of fused-ring (bicyclic) bond motifs is 1. The summed E-state index contributed by atoms with van der Waals surface area (Å²) in [6.07, 6.45) is -1.43. The number of hydrogen-bond acceptors (Lipinski definition) is 0. The van der Waals surface area contributed by atoms with E-state index in [-0.39, 0.29) is 22.1 Å². The first-order valence-electron chi connectivity index (χ1n) is 12.5. The largest absolute Gasteiger partial charge is 0.416 e. The predicted octanol–water partition coefficient (Wildman–Crippen LogP) is 10.7. The molecule has 0 heterocycles. The Bertz CT molecular complexity index is 1760. The Balaban J connectivity index is 1.61. The molecule has 0 aliphatic heterocycles. The fraction of sp³-hybridized carbons (Fsp3) is 0.0909. The van der Waals surface area contributed by atoms with Crippen molar-refractivity contribution < 1.29 is 35.1 Å². The van der Waals surface area contributed by atoms with Gasteiger partial charge in [0.25, 0.3) is 0 Å². The van der Waals surface area contributed by atoms with E-state index in [4.69, 9.17) is 0 Å². The number of alkyl halides is 3. The molecule has 0 bridgehead atoms. The summed E-state index contributed by atoms with van der Waals surface area (Å²) >= 11 is 0. The third-order valence-corrected chi connectivity index (χ3v) is 6.83. The van der Waals surface area contributed by atoms with Crippen molar-refractivity contribution in [1.29, 1.82) is 0 Å². The zero-order valence-corrected chi connectivity index (χ0v) is 21.2. The van der Waals surface area contributed by atoms with Gasteiger partial charge >= 0.3 is 6.18 Å². The highest BCUT2D eigenvalue weighted by Crippen LogP contribution is 2.41. The zero-order valence-electron chi connectivity index (χ0n) is 21.2. The number of aryl methyl sites for hydroxylation is 1. The van der Waals surface area contributed by atoms with Gasteiger partial charge in [-0.2, -0.15) is 13.2 Å². The normalized spacial score (nSPS) is 11.7. The summed E-state index contributed by atoms with van der Waals surface area (Å²) in [6, 6.07) is 14.2. The van der Waals surface area contributed by atoms with Crippen LogP contribution in [0, 0.1) is 29.1 Å². The van der Waals surface area contributed by atoms with E-state index in [0.717, 1.165) is 42.7 Å². The second kappa shape index (κ2) is 10.8. The van der Waals surface area contributed by atoms with Crippen LogP contribution in [0.4, 0.5) is 35.1 Å². The molecule has 0 saturated carbocycles. The lowest BCUT2D eigenvalue weighted by Gasteiger charge is -2.16. The predicted molar refractivity (Wildman–Crippen MR) is 144 cm³/mol. The first kappa shape index (κ1) is 28.1. The van der Waals surface area contributed by atoms with Crippen molar-refractivity contribution in [2.75, 3.05) is 0 Å². The molecule has 0 saturated heterocycles. The molecule has 0 amide bonds. The molecule has 41 heavy (non-hydrogen) atoms. The molecule has 0 aliphatic rings. The van der Waals surface area contributed by atoms with Crippen LogP contribution in [-0.4, -0.2) is 0 Å². The molecule has 0 unspecified atom stereocenters. The highest BCUT2D eigenvalue weighted by Gasteiger charge is 2.30. The lowest BCUT2D eigenvalue weighted by Crippen LogP contribution is -2.04. The molecule has 0 atom stereocenters. The van der Waals surface area contributed by atoms with Crippen LogP contribution in [0.3, 0.4) is 0 Å². The molecule has 0 spiro atoms. The van der Waals surface area contributed by atoms with Gasteiger partial charge in [-0.05, 0) is 65.3 Å². The molecular formula is C33H20F8. The molecule has 8 heteroatoms. The van der Waals surface area contributed by atoms with Crippen molar-refractivity contribution >= 4 is 10.8 Å². The Hall–Kier alpha value is -4.46. The lowest BCUT2D eigenvalue weighted by atomic mass is 9.91. The Morgan fingerprint density at radius 2 is 1.29 bits per heavy atom.